The summed E-state index contributed by atoms with van der Waals surface area (Å²) in [4.78, 5) is 25.3. The molecule has 136 valence electrons. The molecule has 0 bridgehead atoms. The van der Waals surface area contributed by atoms with Crippen molar-refractivity contribution in [1.29, 1.82) is 0 Å². The Labute approximate surface area is 148 Å². The molecule has 2 aromatic carbocycles. The van der Waals surface area contributed by atoms with Crippen LogP contribution in [0.15, 0.2) is 36.4 Å². The highest BCUT2D eigenvalue weighted by molar-refractivity contribution is 5.88. The smallest absolute Gasteiger partial charge is 0.335 e. The maximum Gasteiger partial charge on any atom is 0.335 e. The summed E-state index contributed by atoms with van der Waals surface area (Å²) in [7, 11) is 0. The van der Waals surface area contributed by atoms with E-state index >= 15 is 0 Å². The first-order valence-corrected chi connectivity index (χ1v) is 8.10. The Morgan fingerprint density at radius 2 is 1.88 bits per heavy atom. The summed E-state index contributed by atoms with van der Waals surface area (Å²) in [5, 5.41) is 9.10. The van der Waals surface area contributed by atoms with Crippen LogP contribution in [0.5, 0.6) is 5.75 Å². The molecule has 0 aliphatic carbocycles. The Morgan fingerprint density at radius 1 is 1.12 bits per heavy atom. The molecule has 1 amide bonds. The van der Waals surface area contributed by atoms with E-state index in [0.717, 1.165) is 23.3 Å². The molecule has 1 aliphatic heterocycles. The van der Waals surface area contributed by atoms with Crippen LogP contribution in [0.3, 0.4) is 0 Å². The molecule has 2 aromatic rings. The maximum atomic E-state index is 13.3. The number of hydrogen-bond donors (Lipinski definition) is 1. The highest BCUT2D eigenvalue weighted by atomic mass is 19.2. The third kappa shape index (κ3) is 3.66. The van der Waals surface area contributed by atoms with Crippen LogP contribution >= 0.6 is 0 Å². The largest absolute Gasteiger partial charge is 0.481 e. The second-order valence-electron chi connectivity index (χ2n) is 6.13. The lowest BCUT2D eigenvalue weighted by Gasteiger charge is -2.31. The molecule has 1 heterocycles. The maximum absolute atomic E-state index is 13.3. The van der Waals surface area contributed by atoms with Crippen LogP contribution in [0, 0.1) is 11.6 Å². The number of carboxylic acids is 1. The van der Waals surface area contributed by atoms with Crippen molar-refractivity contribution in [3.63, 3.8) is 0 Å². The summed E-state index contributed by atoms with van der Waals surface area (Å²) in [5.74, 6) is -3.30. The van der Waals surface area contributed by atoms with Crippen molar-refractivity contribution in [1.82, 2.24) is 4.90 Å². The number of benzene rings is 2. The zero-order chi connectivity index (χ0) is 18.8. The van der Waals surface area contributed by atoms with Crippen LogP contribution in [0.25, 0.3) is 0 Å². The molecule has 0 aromatic heterocycles. The van der Waals surface area contributed by atoms with Crippen LogP contribution in [0.4, 0.5) is 8.78 Å². The molecule has 1 aliphatic rings. The standard InChI is InChI=1S/C19H17F2NO4/c1-11(26-15-4-5-16(20)17(21)9-15)18(23)22-7-6-12-2-3-13(19(24)25)8-14(12)10-22/h2-5,8-9,11H,6-7,10H2,1H3,(H,24,25). The van der Waals surface area contributed by atoms with Crippen molar-refractivity contribution in [2.45, 2.75) is 26.0 Å². The molecule has 1 atom stereocenters. The fourth-order valence-corrected chi connectivity index (χ4v) is 2.94. The van der Waals surface area contributed by atoms with Crippen LogP contribution in [-0.4, -0.2) is 34.5 Å². The van der Waals surface area contributed by atoms with Gasteiger partial charge in [-0.25, -0.2) is 13.6 Å². The molecular weight excluding hydrogens is 344 g/mol. The molecule has 5 nitrogen and oxygen atoms in total. The number of carbonyl (C=O) groups is 2. The molecule has 7 heteroatoms. The summed E-state index contributed by atoms with van der Waals surface area (Å²) in [6.07, 6.45) is -0.275. The highest BCUT2D eigenvalue weighted by Gasteiger charge is 2.26. The normalized spacial score (nSPS) is 14.5. The number of hydrogen-bond acceptors (Lipinski definition) is 3. The van der Waals surface area contributed by atoms with Gasteiger partial charge in [0, 0.05) is 19.2 Å². The van der Waals surface area contributed by atoms with E-state index in [0.29, 0.717) is 13.0 Å². The van der Waals surface area contributed by atoms with Gasteiger partial charge < -0.3 is 14.7 Å². The topological polar surface area (TPSA) is 66.8 Å². The van der Waals surface area contributed by atoms with Gasteiger partial charge in [-0.3, -0.25) is 4.79 Å². The van der Waals surface area contributed by atoms with Gasteiger partial charge in [0.15, 0.2) is 17.7 Å². The van der Waals surface area contributed by atoms with E-state index < -0.39 is 23.7 Å². The molecule has 0 spiro atoms. The number of fused-ring (bicyclic) bond motifs is 1. The molecule has 0 fully saturated rings. The predicted octanol–water partition coefficient (Wildman–Crippen LogP) is 3.02. The van der Waals surface area contributed by atoms with Gasteiger partial charge in [-0.2, -0.15) is 0 Å². The van der Waals surface area contributed by atoms with Gasteiger partial charge in [-0.1, -0.05) is 6.07 Å². The molecule has 26 heavy (non-hydrogen) atoms. The van der Waals surface area contributed by atoms with Crippen molar-refractivity contribution in [2.24, 2.45) is 0 Å². The minimum absolute atomic E-state index is 0.0651. The molecule has 0 saturated heterocycles. The predicted molar refractivity (Wildman–Crippen MR) is 89.0 cm³/mol. The third-order valence-electron chi connectivity index (χ3n) is 4.33. The van der Waals surface area contributed by atoms with Gasteiger partial charge in [-0.15, -0.1) is 0 Å². The van der Waals surface area contributed by atoms with Crippen molar-refractivity contribution >= 4 is 11.9 Å². The number of halogens is 2. The van der Waals surface area contributed by atoms with E-state index in [-0.39, 0.29) is 23.8 Å². The van der Waals surface area contributed by atoms with Crippen molar-refractivity contribution in [3.05, 3.63) is 64.7 Å². The van der Waals surface area contributed by atoms with Gasteiger partial charge >= 0.3 is 5.97 Å². The van der Waals surface area contributed by atoms with Gasteiger partial charge in [0.05, 0.1) is 5.56 Å². The minimum Gasteiger partial charge on any atom is -0.481 e. The monoisotopic (exact) mass is 361 g/mol. The van der Waals surface area contributed by atoms with E-state index in [1.807, 2.05) is 0 Å². The molecule has 0 radical (unpaired) electrons. The average Bonchev–Trinajstić information content (AvgIpc) is 2.63. The van der Waals surface area contributed by atoms with E-state index in [9.17, 15) is 18.4 Å². The molecular formula is C19H17F2NO4. The Hall–Kier alpha value is -2.96. The lowest BCUT2D eigenvalue weighted by Crippen LogP contribution is -2.43. The zero-order valence-corrected chi connectivity index (χ0v) is 14.0. The van der Waals surface area contributed by atoms with Crippen molar-refractivity contribution in [3.8, 4) is 5.75 Å². The first kappa shape index (κ1) is 17.8. The Kier molecular flexibility index (Phi) is 4.88. The van der Waals surface area contributed by atoms with Crippen molar-refractivity contribution < 1.29 is 28.2 Å². The number of nitrogens with zero attached hydrogens (tertiary/aromatic N) is 1. The molecule has 3 rings (SSSR count). The lowest BCUT2D eigenvalue weighted by atomic mass is 9.97. The second-order valence-corrected chi connectivity index (χ2v) is 6.13. The van der Waals surface area contributed by atoms with Crippen molar-refractivity contribution in [2.75, 3.05) is 6.54 Å². The van der Waals surface area contributed by atoms with Crippen LogP contribution < -0.4 is 4.74 Å². The van der Waals surface area contributed by atoms with E-state index in [2.05, 4.69) is 0 Å². The van der Waals surface area contributed by atoms with Crippen LogP contribution in [0.2, 0.25) is 0 Å². The molecule has 1 N–H and O–H groups in total. The Balaban J connectivity index is 1.71. The van der Waals surface area contributed by atoms with E-state index in [1.165, 1.54) is 13.0 Å². The average molecular weight is 361 g/mol. The first-order chi connectivity index (χ1) is 12.3. The third-order valence-corrected chi connectivity index (χ3v) is 4.33. The summed E-state index contributed by atoms with van der Waals surface area (Å²) in [6, 6.07) is 7.97. The highest BCUT2D eigenvalue weighted by Crippen LogP contribution is 2.22. The Bertz CT molecular complexity index is 869. The van der Waals surface area contributed by atoms with Crippen LogP contribution in [-0.2, 0) is 17.8 Å². The summed E-state index contributed by atoms with van der Waals surface area (Å²) in [6.45, 7) is 2.29. The Morgan fingerprint density at radius 3 is 2.58 bits per heavy atom. The number of carboxylic acid groups (broad SMARTS) is 1. The quantitative estimate of drug-likeness (QED) is 0.909. The zero-order valence-electron chi connectivity index (χ0n) is 14.0. The SMILES string of the molecule is CC(Oc1ccc(F)c(F)c1)C(=O)N1CCc2ccc(C(=O)O)cc2C1. The first-order valence-electron chi connectivity index (χ1n) is 8.10. The fourth-order valence-electron chi connectivity index (χ4n) is 2.94. The fraction of sp³-hybridized carbons (Fsp3) is 0.263. The van der Waals surface area contributed by atoms with Gasteiger partial charge in [0.1, 0.15) is 5.75 Å². The summed E-state index contributed by atoms with van der Waals surface area (Å²) in [5.41, 5.74) is 1.96. The number of ether oxygens (including phenoxy) is 1. The van der Waals surface area contributed by atoms with Gasteiger partial charge in [0.25, 0.3) is 5.91 Å². The van der Waals surface area contributed by atoms with Crippen LogP contribution in [0.1, 0.15) is 28.4 Å². The summed E-state index contributed by atoms with van der Waals surface area (Å²) < 4.78 is 31.6. The summed E-state index contributed by atoms with van der Waals surface area (Å²) >= 11 is 0. The number of carbonyl (C=O) groups excluding carboxylic acids is 1. The minimum atomic E-state index is -1.05. The second kappa shape index (κ2) is 7.11. The van der Waals surface area contributed by atoms with Gasteiger partial charge in [-0.05, 0) is 48.7 Å². The molecule has 0 saturated carbocycles. The van der Waals surface area contributed by atoms with Gasteiger partial charge in [0.2, 0.25) is 0 Å². The number of amides is 1. The van der Waals surface area contributed by atoms with E-state index in [1.54, 1.807) is 23.1 Å². The number of rotatable bonds is 4. The number of aromatic carboxylic acids is 1. The molecule has 1 unspecified atom stereocenters. The lowest BCUT2D eigenvalue weighted by molar-refractivity contribution is -0.138. The van der Waals surface area contributed by atoms with E-state index in [4.69, 9.17) is 9.84 Å².